The number of pyridine rings is 1. The maximum absolute atomic E-state index is 12.3. The van der Waals surface area contributed by atoms with Gasteiger partial charge in [0.05, 0.1) is 31.9 Å². The Hall–Kier alpha value is -2.38. The summed E-state index contributed by atoms with van der Waals surface area (Å²) < 4.78 is 2.41. The van der Waals surface area contributed by atoms with Crippen LogP contribution in [0.15, 0.2) is 57.9 Å². The fraction of sp³-hybridized carbons (Fsp3) is 0.263. The van der Waals surface area contributed by atoms with Gasteiger partial charge in [0, 0.05) is 16.7 Å². The third kappa shape index (κ3) is 3.45. The van der Waals surface area contributed by atoms with Crippen LogP contribution in [0.5, 0.6) is 5.75 Å². The number of hydrogen-bond acceptors (Lipinski definition) is 4. The molecule has 6 nitrogen and oxygen atoms in total. The van der Waals surface area contributed by atoms with E-state index in [1.807, 2.05) is 30.3 Å². The lowest BCUT2D eigenvalue weighted by atomic mass is 10.2. The molecule has 3 heterocycles. The van der Waals surface area contributed by atoms with Gasteiger partial charge in [-0.3, -0.25) is 9.20 Å². The lowest BCUT2D eigenvalue weighted by Gasteiger charge is -2.33. The number of piperazine rings is 1. The molecule has 1 saturated heterocycles. The van der Waals surface area contributed by atoms with Crippen LogP contribution in [-0.2, 0) is 6.54 Å². The normalized spacial score (nSPS) is 15.5. The summed E-state index contributed by atoms with van der Waals surface area (Å²) in [7, 11) is 0. The Balaban J connectivity index is 1.46. The van der Waals surface area contributed by atoms with Crippen LogP contribution in [0.25, 0.3) is 5.65 Å². The number of para-hydroxylation sites is 2. The topological polar surface area (TPSA) is 62.3 Å². The molecule has 0 bridgehead atoms. The van der Waals surface area contributed by atoms with E-state index in [4.69, 9.17) is 0 Å². The summed E-state index contributed by atoms with van der Waals surface area (Å²) in [5.41, 5.74) is 2.32. The van der Waals surface area contributed by atoms with Crippen LogP contribution in [0, 0.1) is 0 Å². The van der Waals surface area contributed by atoms with Gasteiger partial charge >= 0.3 is 0 Å². The van der Waals surface area contributed by atoms with E-state index in [2.05, 4.69) is 25.8 Å². The van der Waals surface area contributed by atoms with Crippen molar-refractivity contribution in [1.29, 1.82) is 0 Å². The second-order valence-electron chi connectivity index (χ2n) is 6.56. The number of phenolic OH excluding ortho intramolecular Hbond substituents is 1. The van der Waals surface area contributed by atoms with Gasteiger partial charge in [0.15, 0.2) is 0 Å². The summed E-state index contributed by atoms with van der Waals surface area (Å²) in [5.74, 6) is 0.325. The minimum atomic E-state index is -0.0569. The van der Waals surface area contributed by atoms with Crippen LogP contribution in [0.3, 0.4) is 0 Å². The van der Waals surface area contributed by atoms with E-state index >= 15 is 0 Å². The van der Waals surface area contributed by atoms with E-state index < -0.39 is 0 Å². The Morgan fingerprint density at radius 2 is 1.92 bits per heavy atom. The third-order valence-corrected chi connectivity index (χ3v) is 5.27. The van der Waals surface area contributed by atoms with E-state index in [1.165, 1.54) is 4.90 Å². The first kappa shape index (κ1) is 17.1. The molecule has 0 unspecified atom stereocenters. The summed E-state index contributed by atoms with van der Waals surface area (Å²) in [4.78, 5) is 20.6. The summed E-state index contributed by atoms with van der Waals surface area (Å²) in [5, 5.41) is 10.0. The van der Waals surface area contributed by atoms with Crippen LogP contribution in [0.2, 0.25) is 0 Å². The number of aromatic hydroxyl groups is 1. The minimum absolute atomic E-state index is 0.0569. The number of quaternary nitrogens is 1. The molecule has 3 aromatic rings. The van der Waals surface area contributed by atoms with E-state index in [1.54, 1.807) is 22.7 Å². The van der Waals surface area contributed by atoms with Gasteiger partial charge in [-0.05, 0) is 40.2 Å². The number of nitrogens with one attached hydrogen (secondary N) is 1. The summed E-state index contributed by atoms with van der Waals surface area (Å²) >= 11 is 3.38. The zero-order chi connectivity index (χ0) is 18.1. The second kappa shape index (κ2) is 7.09. The molecule has 2 N–H and O–H groups in total. The number of halogens is 1. The predicted molar refractivity (Wildman–Crippen MR) is 104 cm³/mol. The van der Waals surface area contributed by atoms with Crippen molar-refractivity contribution in [3.63, 3.8) is 0 Å². The van der Waals surface area contributed by atoms with Gasteiger partial charge in [0.25, 0.3) is 5.56 Å². The Kier molecular flexibility index (Phi) is 4.65. The summed E-state index contributed by atoms with van der Waals surface area (Å²) in [6, 6.07) is 12.8. The smallest absolute Gasteiger partial charge is 0.258 e. The molecule has 2 aromatic heterocycles. The van der Waals surface area contributed by atoms with Gasteiger partial charge in [0.1, 0.15) is 23.6 Å². The van der Waals surface area contributed by atoms with Gasteiger partial charge in [-0.1, -0.05) is 12.1 Å². The van der Waals surface area contributed by atoms with E-state index in [-0.39, 0.29) is 5.56 Å². The fourth-order valence-electron chi connectivity index (χ4n) is 3.44. The lowest BCUT2D eigenvalue weighted by Crippen LogP contribution is -3.13. The van der Waals surface area contributed by atoms with Crippen molar-refractivity contribution in [1.82, 2.24) is 9.38 Å². The average Bonchev–Trinajstić information content (AvgIpc) is 2.64. The monoisotopic (exact) mass is 415 g/mol. The molecular weight excluding hydrogens is 396 g/mol. The Morgan fingerprint density at radius 1 is 1.15 bits per heavy atom. The van der Waals surface area contributed by atoms with Gasteiger partial charge in [0.2, 0.25) is 0 Å². The first-order valence-corrected chi connectivity index (χ1v) is 9.44. The molecule has 26 heavy (non-hydrogen) atoms. The molecule has 0 amide bonds. The van der Waals surface area contributed by atoms with Crippen molar-refractivity contribution in [2.45, 2.75) is 6.54 Å². The van der Waals surface area contributed by atoms with Gasteiger partial charge in [-0.2, -0.15) is 0 Å². The Bertz CT molecular complexity index is 996. The number of fused-ring (bicyclic) bond motifs is 1. The number of phenols is 1. The molecule has 1 aliphatic rings. The molecule has 0 saturated carbocycles. The Labute approximate surface area is 159 Å². The molecular formula is C19H20BrN4O2+. The highest BCUT2D eigenvalue weighted by molar-refractivity contribution is 9.10. The molecule has 1 fully saturated rings. The van der Waals surface area contributed by atoms with E-state index in [9.17, 15) is 9.90 Å². The largest absolute Gasteiger partial charge is 0.506 e. The van der Waals surface area contributed by atoms with Crippen molar-refractivity contribution in [2.75, 3.05) is 31.1 Å². The highest BCUT2D eigenvalue weighted by Crippen LogP contribution is 2.25. The summed E-state index contributed by atoms with van der Waals surface area (Å²) in [6.07, 6.45) is 1.74. The quantitative estimate of drug-likeness (QED) is 0.671. The van der Waals surface area contributed by atoms with Crippen molar-refractivity contribution in [3.8, 4) is 5.75 Å². The molecule has 0 spiro atoms. The van der Waals surface area contributed by atoms with Crippen LogP contribution >= 0.6 is 15.9 Å². The van der Waals surface area contributed by atoms with Crippen molar-refractivity contribution >= 4 is 27.3 Å². The zero-order valence-corrected chi connectivity index (χ0v) is 15.8. The van der Waals surface area contributed by atoms with Crippen molar-refractivity contribution in [2.24, 2.45) is 0 Å². The molecule has 0 aliphatic carbocycles. The van der Waals surface area contributed by atoms with Crippen LogP contribution < -0.4 is 15.4 Å². The molecule has 134 valence electrons. The number of aromatic nitrogens is 2. The highest BCUT2D eigenvalue weighted by atomic mass is 79.9. The number of nitrogens with zero attached hydrogens (tertiary/aromatic N) is 3. The van der Waals surface area contributed by atoms with E-state index in [0.717, 1.165) is 48.6 Å². The zero-order valence-electron chi connectivity index (χ0n) is 14.2. The maximum atomic E-state index is 12.3. The van der Waals surface area contributed by atoms with E-state index in [0.29, 0.717) is 11.4 Å². The standard InChI is InChI=1S/C19H19BrN4O2/c20-14-5-6-18-21-15(11-19(26)24(18)12-14)13-22-7-9-23(10-8-22)16-3-1-2-4-17(16)25/h1-6,11-12,25H,7-10,13H2/p+1. The van der Waals surface area contributed by atoms with Gasteiger partial charge in [-0.25, -0.2) is 4.98 Å². The first-order valence-electron chi connectivity index (χ1n) is 8.64. The number of hydrogen-bond donors (Lipinski definition) is 2. The molecule has 0 radical (unpaired) electrons. The molecule has 1 aliphatic heterocycles. The van der Waals surface area contributed by atoms with Gasteiger partial charge in [-0.15, -0.1) is 0 Å². The SMILES string of the molecule is O=c1cc(C[NH+]2CCN(c3ccccc3O)CC2)nc2ccc(Br)cn12. The number of anilines is 1. The predicted octanol–water partition coefficient (Wildman–Crippen LogP) is 1.07. The van der Waals surface area contributed by atoms with Gasteiger partial charge < -0.3 is 14.9 Å². The fourth-order valence-corrected chi connectivity index (χ4v) is 3.78. The molecule has 7 heteroatoms. The number of rotatable bonds is 3. The Morgan fingerprint density at radius 3 is 2.69 bits per heavy atom. The average molecular weight is 416 g/mol. The molecule has 4 rings (SSSR count). The minimum Gasteiger partial charge on any atom is -0.506 e. The van der Waals surface area contributed by atoms with Crippen molar-refractivity contribution < 1.29 is 10.0 Å². The second-order valence-corrected chi connectivity index (χ2v) is 7.48. The van der Waals surface area contributed by atoms with Crippen LogP contribution in [0.4, 0.5) is 5.69 Å². The van der Waals surface area contributed by atoms with Crippen LogP contribution in [0.1, 0.15) is 5.69 Å². The highest BCUT2D eigenvalue weighted by Gasteiger charge is 2.22. The molecule has 1 aromatic carbocycles. The maximum Gasteiger partial charge on any atom is 0.258 e. The summed E-state index contributed by atoms with van der Waals surface area (Å²) in [6.45, 7) is 4.35. The van der Waals surface area contributed by atoms with Crippen molar-refractivity contribution in [3.05, 3.63) is 69.2 Å². The third-order valence-electron chi connectivity index (χ3n) is 4.80. The lowest BCUT2D eigenvalue weighted by molar-refractivity contribution is -0.914. The van der Waals surface area contributed by atoms with Crippen LogP contribution in [-0.4, -0.2) is 40.7 Å². The first-order chi connectivity index (χ1) is 12.6. The molecule has 0 atom stereocenters. The number of benzene rings is 1.